The molecule has 0 spiro atoms. The molecule has 1 atom stereocenters. The summed E-state index contributed by atoms with van der Waals surface area (Å²) in [6.07, 6.45) is 1.95. The number of pyridine rings is 1. The Labute approximate surface area is 196 Å². The minimum Gasteiger partial charge on any atom is -0.379 e. The predicted octanol–water partition coefficient (Wildman–Crippen LogP) is 4.03. The maximum absolute atomic E-state index is 5.54. The zero-order valence-corrected chi connectivity index (χ0v) is 20.4. The van der Waals surface area contributed by atoms with E-state index in [4.69, 9.17) is 9.72 Å². The van der Waals surface area contributed by atoms with Crippen LogP contribution in [0.5, 0.6) is 0 Å². The molecule has 4 heterocycles. The lowest BCUT2D eigenvalue weighted by Gasteiger charge is -2.55. The summed E-state index contributed by atoms with van der Waals surface area (Å²) in [6, 6.07) is 8.75. The van der Waals surface area contributed by atoms with Crippen molar-refractivity contribution < 1.29 is 4.74 Å². The monoisotopic (exact) mass is 446 g/mol. The minimum absolute atomic E-state index is 0.121. The Morgan fingerprint density at radius 2 is 1.82 bits per heavy atom. The fourth-order valence-electron chi connectivity index (χ4n) is 5.21. The first-order valence-corrected chi connectivity index (χ1v) is 11.9. The van der Waals surface area contributed by atoms with E-state index in [9.17, 15) is 0 Å². The first kappa shape index (κ1) is 22.0. The molecule has 0 aliphatic carbocycles. The summed E-state index contributed by atoms with van der Waals surface area (Å²) in [5.41, 5.74) is 4.98. The third-order valence-electron chi connectivity index (χ3n) is 7.46. The number of benzene rings is 1. The van der Waals surface area contributed by atoms with Crippen molar-refractivity contribution in [1.29, 1.82) is 0 Å². The summed E-state index contributed by atoms with van der Waals surface area (Å²) >= 11 is 0. The molecule has 0 radical (unpaired) electrons. The summed E-state index contributed by atoms with van der Waals surface area (Å²) in [7, 11) is 0. The van der Waals surface area contributed by atoms with Crippen molar-refractivity contribution in [2.75, 3.05) is 49.6 Å². The van der Waals surface area contributed by atoms with Gasteiger partial charge in [-0.3, -0.25) is 4.90 Å². The quantitative estimate of drug-likeness (QED) is 0.635. The van der Waals surface area contributed by atoms with E-state index in [0.717, 1.165) is 67.5 Å². The number of morpholine rings is 1. The molecule has 1 aromatic carbocycles. The zero-order valence-electron chi connectivity index (χ0n) is 20.4. The van der Waals surface area contributed by atoms with Gasteiger partial charge in [0.05, 0.1) is 30.5 Å². The highest BCUT2D eigenvalue weighted by Gasteiger charge is 2.44. The van der Waals surface area contributed by atoms with Crippen LogP contribution in [0.1, 0.15) is 42.3 Å². The van der Waals surface area contributed by atoms with Crippen molar-refractivity contribution in [2.24, 2.45) is 0 Å². The Morgan fingerprint density at radius 3 is 2.58 bits per heavy atom. The number of hydrogen-bond acceptors (Lipinski definition) is 7. The summed E-state index contributed by atoms with van der Waals surface area (Å²) in [4.78, 5) is 9.71. The number of fused-ring (bicyclic) bond motifs is 1. The molecular formula is C26H34N6O. The molecule has 2 fully saturated rings. The highest BCUT2D eigenvalue weighted by Crippen LogP contribution is 2.35. The van der Waals surface area contributed by atoms with Crippen LogP contribution in [0.4, 0.5) is 11.6 Å². The van der Waals surface area contributed by atoms with E-state index < -0.39 is 0 Å². The number of nitrogens with one attached hydrogen (secondary N) is 1. The Bertz CT molecular complexity index is 1170. The second kappa shape index (κ2) is 8.54. The van der Waals surface area contributed by atoms with Crippen molar-refractivity contribution in [3.8, 4) is 0 Å². The third-order valence-corrected chi connectivity index (χ3v) is 7.46. The van der Waals surface area contributed by atoms with Gasteiger partial charge in [-0.05, 0) is 57.4 Å². The van der Waals surface area contributed by atoms with Crippen LogP contribution in [0.2, 0.25) is 0 Å². The number of ether oxygens (including phenoxy) is 1. The number of hydrogen-bond donors (Lipinski definition) is 1. The Hall–Kier alpha value is -2.77. The maximum atomic E-state index is 5.54. The van der Waals surface area contributed by atoms with E-state index in [1.165, 1.54) is 16.7 Å². The fraction of sp³-hybridized carbons (Fsp3) is 0.500. The van der Waals surface area contributed by atoms with Crippen LogP contribution in [0, 0.1) is 20.8 Å². The molecule has 1 N–H and O–H groups in total. The molecule has 0 bridgehead atoms. The van der Waals surface area contributed by atoms with E-state index in [-0.39, 0.29) is 11.6 Å². The summed E-state index contributed by atoms with van der Waals surface area (Å²) in [5, 5.41) is 14.7. The zero-order chi connectivity index (χ0) is 23.2. The second-order valence-corrected chi connectivity index (χ2v) is 9.83. The molecular weight excluding hydrogens is 412 g/mol. The number of nitrogens with zero attached hydrogens (tertiary/aromatic N) is 5. The topological polar surface area (TPSA) is 66.4 Å². The predicted molar refractivity (Wildman–Crippen MR) is 133 cm³/mol. The molecule has 2 aliphatic heterocycles. The molecule has 0 unspecified atom stereocenters. The van der Waals surface area contributed by atoms with Crippen LogP contribution in [-0.2, 0) is 4.74 Å². The van der Waals surface area contributed by atoms with Gasteiger partial charge < -0.3 is 15.0 Å². The normalized spacial score (nSPS) is 19.4. The lowest BCUT2D eigenvalue weighted by atomic mass is 9.89. The van der Waals surface area contributed by atoms with Gasteiger partial charge in [-0.15, -0.1) is 5.10 Å². The number of aromatic nitrogens is 3. The van der Waals surface area contributed by atoms with Gasteiger partial charge in [-0.2, -0.15) is 5.10 Å². The van der Waals surface area contributed by atoms with Crippen molar-refractivity contribution in [3.63, 3.8) is 0 Å². The van der Waals surface area contributed by atoms with Gasteiger partial charge in [0.1, 0.15) is 5.82 Å². The lowest BCUT2D eigenvalue weighted by molar-refractivity contribution is -0.0266. The summed E-state index contributed by atoms with van der Waals surface area (Å²) in [5.74, 6) is 1.81. The molecule has 0 amide bonds. The number of aryl methyl sites for hydroxylation is 2. The van der Waals surface area contributed by atoms with Gasteiger partial charge in [-0.25, -0.2) is 4.98 Å². The molecule has 7 heteroatoms. The third kappa shape index (κ3) is 4.04. The summed E-state index contributed by atoms with van der Waals surface area (Å²) in [6.45, 7) is 16.5. The standard InChI is InChI=1S/C26H34N6O/c1-17-7-6-8-21(18(17)2)19(3)28-25-22-13-24(27-14-23(22)20(4)29-30-25)31-15-26(5,16-31)32-9-11-33-12-10-32/h6-8,13-14,19H,9-12,15-16H2,1-5H3,(H,28,30)/t19-/m1/s1. The molecule has 2 saturated heterocycles. The highest BCUT2D eigenvalue weighted by molar-refractivity contribution is 5.94. The van der Waals surface area contributed by atoms with Crippen LogP contribution in [0.15, 0.2) is 30.5 Å². The van der Waals surface area contributed by atoms with Gasteiger partial charge in [0, 0.05) is 43.1 Å². The van der Waals surface area contributed by atoms with Crippen molar-refractivity contribution >= 4 is 22.4 Å². The van der Waals surface area contributed by atoms with Crippen LogP contribution in [0.25, 0.3) is 10.8 Å². The molecule has 7 nitrogen and oxygen atoms in total. The Kier molecular flexibility index (Phi) is 5.70. The molecule has 2 aromatic heterocycles. The lowest BCUT2D eigenvalue weighted by Crippen LogP contribution is -2.70. The van der Waals surface area contributed by atoms with Crippen molar-refractivity contribution in [3.05, 3.63) is 52.8 Å². The molecule has 174 valence electrons. The van der Waals surface area contributed by atoms with E-state index >= 15 is 0 Å². The highest BCUT2D eigenvalue weighted by atomic mass is 16.5. The Morgan fingerprint density at radius 1 is 1.06 bits per heavy atom. The van der Waals surface area contributed by atoms with Crippen molar-refractivity contribution in [1.82, 2.24) is 20.1 Å². The van der Waals surface area contributed by atoms with Crippen LogP contribution in [0.3, 0.4) is 0 Å². The van der Waals surface area contributed by atoms with Crippen LogP contribution in [-0.4, -0.2) is 65.0 Å². The van der Waals surface area contributed by atoms with Gasteiger partial charge in [0.15, 0.2) is 5.82 Å². The largest absolute Gasteiger partial charge is 0.379 e. The van der Waals surface area contributed by atoms with E-state index in [1.54, 1.807) is 0 Å². The molecule has 33 heavy (non-hydrogen) atoms. The van der Waals surface area contributed by atoms with Crippen molar-refractivity contribution in [2.45, 2.75) is 46.2 Å². The smallest absolute Gasteiger partial charge is 0.157 e. The van der Waals surface area contributed by atoms with E-state index in [2.05, 4.69) is 77.3 Å². The molecule has 5 rings (SSSR count). The van der Waals surface area contributed by atoms with Gasteiger partial charge in [-0.1, -0.05) is 18.2 Å². The minimum atomic E-state index is 0.121. The van der Waals surface area contributed by atoms with Crippen LogP contribution < -0.4 is 10.2 Å². The van der Waals surface area contributed by atoms with Gasteiger partial charge in [0.2, 0.25) is 0 Å². The number of rotatable bonds is 5. The first-order valence-electron chi connectivity index (χ1n) is 11.9. The average Bonchev–Trinajstić information content (AvgIpc) is 2.81. The maximum Gasteiger partial charge on any atom is 0.157 e. The average molecular weight is 447 g/mol. The molecule has 3 aromatic rings. The van der Waals surface area contributed by atoms with E-state index in [1.807, 2.05) is 13.1 Å². The Balaban J connectivity index is 1.41. The molecule has 0 saturated carbocycles. The van der Waals surface area contributed by atoms with Gasteiger partial charge in [0.25, 0.3) is 0 Å². The van der Waals surface area contributed by atoms with Gasteiger partial charge >= 0.3 is 0 Å². The van der Waals surface area contributed by atoms with Crippen LogP contribution >= 0.6 is 0 Å². The summed E-state index contributed by atoms with van der Waals surface area (Å²) < 4.78 is 5.54. The SMILES string of the molecule is Cc1cccc([C@@H](C)Nc2nnc(C)c3cnc(N4CC(C)(N5CCOCC5)C4)cc23)c1C. The molecule has 2 aliphatic rings. The van der Waals surface area contributed by atoms with E-state index in [0.29, 0.717) is 0 Å². The number of anilines is 2. The first-order chi connectivity index (χ1) is 15.9. The second-order valence-electron chi connectivity index (χ2n) is 9.83. The fourth-order valence-corrected chi connectivity index (χ4v) is 5.21.